The van der Waals surface area contributed by atoms with Crippen molar-refractivity contribution < 1.29 is 111 Å². The summed E-state index contributed by atoms with van der Waals surface area (Å²) >= 11 is 0. The quantitative estimate of drug-likeness (QED) is 0.0163. The fourth-order valence-corrected chi connectivity index (χ4v) is 7.45. The first-order valence-electron chi connectivity index (χ1n) is 25.8. The van der Waals surface area contributed by atoms with Crippen molar-refractivity contribution in [1.82, 2.24) is 15.3 Å². The lowest BCUT2D eigenvalue weighted by molar-refractivity contribution is -0.181. The van der Waals surface area contributed by atoms with Crippen LogP contribution in [0.4, 0.5) is 28.0 Å². The molecule has 2 heterocycles. The van der Waals surface area contributed by atoms with E-state index >= 15 is 0 Å². The number of rotatable bonds is 43. The second-order valence-electron chi connectivity index (χ2n) is 16.9. The monoisotopic (exact) mass is 1170 g/mol. The number of halogens is 4. The number of alkyl carbamates (subject to hydrolysis) is 1. The molecule has 4 N–H and O–H groups in total. The molecule has 3 amide bonds. The number of benzene rings is 2. The van der Waals surface area contributed by atoms with Gasteiger partial charge in [-0.1, -0.05) is 13.0 Å². The Kier molecular flexibility index (Phi) is 32.1. The van der Waals surface area contributed by atoms with Crippen molar-refractivity contribution in [2.75, 3.05) is 172 Å². The first-order chi connectivity index (χ1) is 38.6. The number of hydroxylamine groups is 2. The summed E-state index contributed by atoms with van der Waals surface area (Å²) in [6.07, 6.45) is 2.17. The average Bonchev–Trinajstić information content (AvgIpc) is 3.60. The number of likely N-dealkylation sites (tertiary alicyclic amines) is 1. The van der Waals surface area contributed by atoms with Crippen molar-refractivity contribution in [3.8, 4) is 5.75 Å². The molecule has 0 unspecified atom stereocenters. The molecule has 0 atom stereocenters. The maximum atomic E-state index is 14.0. The maximum Gasteiger partial charge on any atom is 0.407 e. The third-order valence-corrected chi connectivity index (χ3v) is 11.7. The third kappa shape index (κ3) is 25.1. The van der Waals surface area contributed by atoms with Crippen molar-refractivity contribution in [3.63, 3.8) is 0 Å². The highest BCUT2D eigenvalue weighted by Crippen LogP contribution is 2.33. The molecule has 0 aliphatic carbocycles. The van der Waals surface area contributed by atoms with Gasteiger partial charge in [-0.3, -0.25) is 23.8 Å². The molecule has 2 aliphatic rings. The number of carbonyl (C=O) groups is 4. The summed E-state index contributed by atoms with van der Waals surface area (Å²) in [4.78, 5) is 59.9. The molecular weight excluding hydrogens is 1100 g/mol. The Morgan fingerprint density at radius 1 is 0.675 bits per heavy atom. The molecule has 2 aromatic carbocycles. The second kappa shape index (κ2) is 38.3. The molecule has 80 heavy (non-hydrogen) atoms. The van der Waals surface area contributed by atoms with Gasteiger partial charge in [0.05, 0.1) is 151 Å². The minimum absolute atomic E-state index is 0.0113. The molecule has 25 nitrogen and oxygen atoms in total. The summed E-state index contributed by atoms with van der Waals surface area (Å²) in [7, 11) is -5.65. The van der Waals surface area contributed by atoms with E-state index in [9.17, 15) is 45.2 Å². The minimum atomic E-state index is -5.65. The van der Waals surface area contributed by atoms with Crippen LogP contribution in [0.3, 0.4) is 0 Å². The topological polar surface area (TPSA) is 300 Å². The van der Waals surface area contributed by atoms with Crippen LogP contribution in [0.15, 0.2) is 33.7 Å². The molecule has 2 aliphatic heterocycles. The van der Waals surface area contributed by atoms with E-state index in [4.69, 9.17) is 67.2 Å². The lowest BCUT2D eigenvalue weighted by Gasteiger charge is -2.31. The van der Waals surface area contributed by atoms with Crippen LogP contribution in [0.1, 0.15) is 48.5 Å². The Labute approximate surface area is 460 Å². The van der Waals surface area contributed by atoms with Gasteiger partial charge in [-0.05, 0) is 31.1 Å². The van der Waals surface area contributed by atoms with Crippen LogP contribution in [0.5, 0.6) is 5.75 Å². The number of nitrogens with zero attached hydrogens (tertiary/aromatic N) is 3. The number of ether oxygens (including phenoxy) is 12. The van der Waals surface area contributed by atoms with E-state index in [1.807, 2.05) is 6.92 Å². The van der Waals surface area contributed by atoms with Crippen molar-refractivity contribution in [1.29, 1.82) is 0 Å². The van der Waals surface area contributed by atoms with E-state index in [0.29, 0.717) is 128 Å². The van der Waals surface area contributed by atoms with Crippen LogP contribution in [0, 0.1) is 23.3 Å². The predicted octanol–water partition coefficient (Wildman–Crippen LogP) is 3.17. The van der Waals surface area contributed by atoms with Crippen LogP contribution in [0.25, 0.3) is 6.08 Å². The fraction of sp³-hybridized carbons (Fsp3) is 0.620. The average molecular weight is 1170 g/mol. The molecule has 0 aromatic heterocycles. The largest absolute Gasteiger partial charge is 0.447 e. The molecule has 2 aromatic rings. The van der Waals surface area contributed by atoms with Crippen molar-refractivity contribution >= 4 is 51.6 Å². The van der Waals surface area contributed by atoms with Gasteiger partial charge in [0, 0.05) is 49.3 Å². The number of carbonyl (C=O) groups excluding carboxylic acids is 4. The minimum Gasteiger partial charge on any atom is -0.447 e. The van der Waals surface area contributed by atoms with Crippen molar-refractivity contribution in [2.45, 2.75) is 37.5 Å². The number of nitrogens with one attached hydrogen (secondary N) is 1. The Hall–Kier alpha value is -5.48. The van der Waals surface area contributed by atoms with Crippen LogP contribution in [-0.2, 0) is 76.7 Å². The first-order valence-corrected chi connectivity index (χ1v) is 27.2. The number of fused-ring (bicyclic) bond motifs is 1. The molecule has 0 spiro atoms. The summed E-state index contributed by atoms with van der Waals surface area (Å²) in [6, 6.07) is 5.18. The Bertz CT molecular complexity index is 2390. The van der Waals surface area contributed by atoms with Crippen LogP contribution in [0.2, 0.25) is 0 Å². The third-order valence-electron chi connectivity index (χ3n) is 10.8. The molecule has 0 radical (unpaired) electrons. The van der Waals surface area contributed by atoms with Crippen LogP contribution < -0.4 is 15.8 Å². The van der Waals surface area contributed by atoms with Gasteiger partial charge in [-0.15, -0.1) is 0 Å². The van der Waals surface area contributed by atoms with Gasteiger partial charge in [0.2, 0.25) is 17.4 Å². The Morgan fingerprint density at radius 2 is 1.14 bits per heavy atom. The number of hydrogen-bond donors (Lipinski definition) is 3. The first kappa shape index (κ1) is 67.0. The van der Waals surface area contributed by atoms with Crippen LogP contribution in [-0.4, -0.2) is 224 Å². The van der Waals surface area contributed by atoms with Gasteiger partial charge in [0.15, 0.2) is 16.5 Å². The van der Waals surface area contributed by atoms with Gasteiger partial charge >= 0.3 is 22.2 Å². The van der Waals surface area contributed by atoms with Gasteiger partial charge in [0.25, 0.3) is 11.8 Å². The number of hydrogen-bond acceptors (Lipinski definition) is 21. The lowest BCUT2D eigenvalue weighted by Crippen LogP contribution is -2.41. The molecule has 4 rings (SSSR count). The zero-order valence-corrected chi connectivity index (χ0v) is 45.4. The van der Waals surface area contributed by atoms with E-state index in [-0.39, 0.29) is 83.5 Å². The molecule has 30 heteroatoms. The molecule has 1 fully saturated rings. The summed E-state index contributed by atoms with van der Waals surface area (Å²) in [5.41, 5.74) is 8.26. The molecule has 450 valence electrons. The highest BCUT2D eigenvalue weighted by atomic mass is 32.2. The smallest absolute Gasteiger partial charge is 0.407 e. The number of aliphatic imine (C=N–C) groups is 1. The molecular formula is C50H71F4N5O20S. The molecule has 0 saturated carbocycles. The van der Waals surface area contributed by atoms with Gasteiger partial charge in [-0.25, -0.2) is 23.6 Å². The molecule has 1 saturated heterocycles. The van der Waals surface area contributed by atoms with Gasteiger partial charge in [0.1, 0.15) is 12.4 Å². The number of amidine groups is 1. The van der Waals surface area contributed by atoms with Crippen molar-refractivity contribution in [2.24, 2.45) is 10.7 Å². The number of amides is 3. The van der Waals surface area contributed by atoms with Gasteiger partial charge < -0.3 is 72.8 Å². The van der Waals surface area contributed by atoms with Gasteiger partial charge in [-0.2, -0.15) is 17.2 Å². The maximum absolute atomic E-state index is 14.0. The number of esters is 1. The summed E-state index contributed by atoms with van der Waals surface area (Å²) < 4.78 is 150. The predicted molar refractivity (Wildman–Crippen MR) is 273 cm³/mol. The van der Waals surface area contributed by atoms with Crippen LogP contribution >= 0.6 is 0 Å². The van der Waals surface area contributed by atoms with E-state index in [1.165, 1.54) is 5.06 Å². The normalized spacial score (nSPS) is 13.2. The zero-order chi connectivity index (χ0) is 58.0. The fourth-order valence-electron chi connectivity index (χ4n) is 6.81. The molecule has 0 bridgehead atoms. The SMILES string of the molecule is CCCN(OCCNC(=O)OCCOCCOCCOCCOCCOCCOCCOCCOCCOCCOCCC(=O)Oc1c(F)c(F)c(S(=O)(=O)O)c(F)c1F)C(=O)C1=Cc2ccc(C(=O)N3CCC3)cc2N=C(N)C1. The Morgan fingerprint density at radius 3 is 1.57 bits per heavy atom. The van der Waals surface area contributed by atoms with E-state index in [1.54, 1.807) is 29.2 Å². The number of nitrogens with two attached hydrogens (primary N) is 1. The van der Waals surface area contributed by atoms with E-state index < -0.39 is 62.5 Å². The van der Waals surface area contributed by atoms with Crippen molar-refractivity contribution in [3.05, 3.63) is 58.2 Å². The zero-order valence-electron chi connectivity index (χ0n) is 44.6. The summed E-state index contributed by atoms with van der Waals surface area (Å²) in [5.74, 6) is -12.9. The second-order valence-corrected chi connectivity index (χ2v) is 18.3. The summed E-state index contributed by atoms with van der Waals surface area (Å²) in [6.45, 7) is 9.27. The van der Waals surface area contributed by atoms with E-state index in [2.05, 4.69) is 15.0 Å². The Balaban J connectivity index is 0.836. The standard InChI is InChI=1S/C50H71F4N5O20S/c1-2-8-59(49(62)38-33-36-4-5-37(48(61)58-9-3-10-58)34-39(36)57-40(55)35-38)78-12-7-56-50(63)77-32-31-76-30-29-75-28-27-74-26-25-73-24-23-72-22-21-71-20-19-70-18-17-69-16-15-68-14-13-67-11-6-41(60)79-46-42(51)44(53)47(80(64,65)66)45(54)43(46)52/h4-5,33-34H,2-3,6-32,35H2,1H3,(H2,55,57)(H,56,63)(H,64,65,66). The highest BCUT2D eigenvalue weighted by molar-refractivity contribution is 7.85. The summed E-state index contributed by atoms with van der Waals surface area (Å²) in [5, 5.41) is 3.82. The van der Waals surface area contributed by atoms with E-state index in [0.717, 1.165) is 19.5 Å². The lowest BCUT2D eigenvalue weighted by atomic mass is 10.0. The highest BCUT2D eigenvalue weighted by Gasteiger charge is 2.34.